The molecule has 1 saturated carbocycles. The molecule has 5 heteroatoms. The van der Waals surface area contributed by atoms with E-state index in [0.717, 1.165) is 44.1 Å². The average molecular weight is 292 g/mol. The molecule has 1 aromatic rings. The van der Waals surface area contributed by atoms with Crippen LogP contribution in [0.2, 0.25) is 0 Å². The van der Waals surface area contributed by atoms with Gasteiger partial charge in [-0.2, -0.15) is 0 Å². The Labute approximate surface area is 122 Å². The van der Waals surface area contributed by atoms with E-state index in [9.17, 15) is 9.59 Å². The average Bonchev–Trinajstić information content (AvgIpc) is 2.63. The molecule has 108 valence electrons. The summed E-state index contributed by atoms with van der Waals surface area (Å²) in [6, 6.07) is 0. The Bertz CT molecular complexity index is 560. The van der Waals surface area contributed by atoms with E-state index in [1.807, 2.05) is 0 Å². The topological polar surface area (TPSA) is 72.2 Å². The molecule has 2 aliphatic rings. The first-order valence-electron chi connectivity index (χ1n) is 7.31. The molecule has 0 aromatic carbocycles. The van der Waals surface area contributed by atoms with E-state index < -0.39 is 5.91 Å². The minimum atomic E-state index is -0.416. The third-order valence-electron chi connectivity index (χ3n) is 4.47. The number of carbonyl (C=O) groups is 2. The van der Waals surface area contributed by atoms with Crippen molar-refractivity contribution in [3.63, 3.8) is 0 Å². The summed E-state index contributed by atoms with van der Waals surface area (Å²) in [6.07, 6.45) is 6.00. The lowest BCUT2D eigenvalue weighted by molar-refractivity contribution is -0.122. The zero-order valence-corrected chi connectivity index (χ0v) is 12.5. The molecule has 0 spiro atoms. The predicted molar refractivity (Wildman–Crippen MR) is 80.0 cm³/mol. The first-order valence-corrected chi connectivity index (χ1v) is 8.13. The second-order valence-corrected chi connectivity index (χ2v) is 7.14. The Morgan fingerprint density at radius 3 is 2.65 bits per heavy atom. The molecule has 0 aliphatic heterocycles. The number of hydrogen-bond acceptors (Lipinski definition) is 3. The standard InChI is InChI=1S/C15H20N2O2S/c1-8-5-6-10-11(7-8)20-15(12(10)13(16)18)17-14(19)9-3-2-4-9/h8-9H,2-7H2,1H3,(H2,16,18)(H,17,19). The van der Waals surface area contributed by atoms with Gasteiger partial charge in [0.05, 0.1) is 5.56 Å². The maximum absolute atomic E-state index is 12.1. The van der Waals surface area contributed by atoms with Crippen molar-refractivity contribution in [3.8, 4) is 0 Å². The fraction of sp³-hybridized carbons (Fsp3) is 0.600. The van der Waals surface area contributed by atoms with Crippen LogP contribution in [-0.2, 0) is 17.6 Å². The van der Waals surface area contributed by atoms with Crippen LogP contribution in [0, 0.1) is 11.8 Å². The molecule has 1 unspecified atom stereocenters. The Hall–Kier alpha value is -1.36. The van der Waals surface area contributed by atoms with Crippen molar-refractivity contribution in [1.29, 1.82) is 0 Å². The van der Waals surface area contributed by atoms with E-state index >= 15 is 0 Å². The fourth-order valence-corrected chi connectivity index (χ4v) is 4.40. The van der Waals surface area contributed by atoms with Gasteiger partial charge in [-0.3, -0.25) is 9.59 Å². The van der Waals surface area contributed by atoms with Gasteiger partial charge in [0.2, 0.25) is 5.91 Å². The van der Waals surface area contributed by atoms with Gasteiger partial charge in [-0.15, -0.1) is 11.3 Å². The van der Waals surface area contributed by atoms with Gasteiger partial charge in [-0.1, -0.05) is 13.3 Å². The molecule has 0 radical (unpaired) electrons. The van der Waals surface area contributed by atoms with Crippen molar-refractivity contribution in [3.05, 3.63) is 16.0 Å². The number of primary amides is 1. The normalized spacial score (nSPS) is 21.9. The zero-order chi connectivity index (χ0) is 14.3. The highest BCUT2D eigenvalue weighted by atomic mass is 32.1. The Kier molecular flexibility index (Phi) is 3.54. The van der Waals surface area contributed by atoms with Crippen LogP contribution < -0.4 is 11.1 Å². The number of nitrogens with one attached hydrogen (secondary N) is 1. The van der Waals surface area contributed by atoms with Crippen molar-refractivity contribution in [1.82, 2.24) is 0 Å². The van der Waals surface area contributed by atoms with Crippen LogP contribution in [-0.4, -0.2) is 11.8 Å². The highest BCUT2D eigenvalue weighted by Crippen LogP contribution is 2.40. The number of fused-ring (bicyclic) bond motifs is 1. The van der Waals surface area contributed by atoms with Gasteiger partial charge in [-0.25, -0.2) is 0 Å². The van der Waals surface area contributed by atoms with Gasteiger partial charge in [0.15, 0.2) is 0 Å². The van der Waals surface area contributed by atoms with Crippen molar-refractivity contribution in [2.24, 2.45) is 17.6 Å². The summed E-state index contributed by atoms with van der Waals surface area (Å²) in [5.41, 5.74) is 7.17. The molecule has 4 nitrogen and oxygen atoms in total. The number of amides is 2. The van der Waals surface area contributed by atoms with Crippen molar-refractivity contribution in [2.45, 2.75) is 45.4 Å². The maximum atomic E-state index is 12.1. The highest BCUT2D eigenvalue weighted by Gasteiger charge is 2.30. The summed E-state index contributed by atoms with van der Waals surface area (Å²) in [5, 5.41) is 3.62. The van der Waals surface area contributed by atoms with E-state index in [1.165, 1.54) is 4.88 Å². The summed E-state index contributed by atoms with van der Waals surface area (Å²) in [7, 11) is 0. The van der Waals surface area contributed by atoms with Gasteiger partial charge >= 0.3 is 0 Å². The van der Waals surface area contributed by atoms with Gasteiger partial charge in [-0.05, 0) is 43.6 Å². The first kappa shape index (κ1) is 13.6. The maximum Gasteiger partial charge on any atom is 0.251 e. The van der Waals surface area contributed by atoms with Crippen LogP contribution in [0.3, 0.4) is 0 Å². The minimum absolute atomic E-state index is 0.0467. The van der Waals surface area contributed by atoms with Crippen molar-refractivity contribution >= 4 is 28.2 Å². The van der Waals surface area contributed by atoms with Gasteiger partial charge in [0, 0.05) is 10.8 Å². The van der Waals surface area contributed by atoms with E-state index in [0.29, 0.717) is 16.5 Å². The quantitative estimate of drug-likeness (QED) is 0.899. The molecule has 3 N–H and O–H groups in total. The predicted octanol–water partition coefficient (Wildman–Crippen LogP) is 2.71. The summed E-state index contributed by atoms with van der Waals surface area (Å²) >= 11 is 1.54. The minimum Gasteiger partial charge on any atom is -0.365 e. The molecule has 2 aliphatic carbocycles. The molecule has 0 saturated heterocycles. The zero-order valence-electron chi connectivity index (χ0n) is 11.7. The summed E-state index contributed by atoms with van der Waals surface area (Å²) in [6.45, 7) is 2.22. The molecule has 1 aromatic heterocycles. The van der Waals surface area contributed by atoms with Gasteiger partial charge in [0.1, 0.15) is 5.00 Å². The van der Waals surface area contributed by atoms with Gasteiger partial charge < -0.3 is 11.1 Å². The molecule has 3 rings (SSSR count). The third kappa shape index (κ3) is 2.35. The van der Waals surface area contributed by atoms with Crippen molar-refractivity contribution in [2.75, 3.05) is 5.32 Å². The van der Waals surface area contributed by atoms with Crippen molar-refractivity contribution < 1.29 is 9.59 Å². The first-order chi connectivity index (χ1) is 9.56. The molecule has 1 heterocycles. The van der Waals surface area contributed by atoms with Gasteiger partial charge in [0.25, 0.3) is 5.91 Å². The largest absolute Gasteiger partial charge is 0.365 e. The summed E-state index contributed by atoms with van der Waals surface area (Å²) in [4.78, 5) is 25.1. The second-order valence-electron chi connectivity index (χ2n) is 6.04. The second kappa shape index (κ2) is 5.20. The number of carbonyl (C=O) groups excluding carboxylic acids is 2. The summed E-state index contributed by atoms with van der Waals surface area (Å²) < 4.78 is 0. The lowest BCUT2D eigenvalue weighted by atomic mass is 9.85. The third-order valence-corrected chi connectivity index (χ3v) is 5.64. The molecule has 1 fully saturated rings. The lowest BCUT2D eigenvalue weighted by Crippen LogP contribution is -2.28. The van der Waals surface area contributed by atoms with E-state index in [2.05, 4.69) is 12.2 Å². The monoisotopic (exact) mass is 292 g/mol. The van der Waals surface area contributed by atoms with Crippen LogP contribution in [0.15, 0.2) is 0 Å². The highest BCUT2D eigenvalue weighted by molar-refractivity contribution is 7.17. The van der Waals surface area contributed by atoms with Crippen LogP contribution in [0.1, 0.15) is 53.4 Å². The fourth-order valence-electron chi connectivity index (χ4n) is 2.98. The van der Waals surface area contributed by atoms with E-state index in [-0.39, 0.29) is 11.8 Å². The molecule has 20 heavy (non-hydrogen) atoms. The number of rotatable bonds is 3. The molecule has 2 amide bonds. The molecular formula is C15H20N2O2S. The number of nitrogens with two attached hydrogens (primary N) is 1. The van der Waals surface area contributed by atoms with Crippen LogP contribution in [0.4, 0.5) is 5.00 Å². The van der Waals surface area contributed by atoms with E-state index in [1.54, 1.807) is 11.3 Å². The van der Waals surface area contributed by atoms with Crippen LogP contribution in [0.25, 0.3) is 0 Å². The SMILES string of the molecule is CC1CCc2c(sc(NC(=O)C3CCC3)c2C(N)=O)C1. The molecule has 0 bridgehead atoms. The molecule has 1 atom stereocenters. The number of anilines is 1. The smallest absolute Gasteiger partial charge is 0.251 e. The Morgan fingerprint density at radius 1 is 1.30 bits per heavy atom. The molecular weight excluding hydrogens is 272 g/mol. The van der Waals surface area contributed by atoms with Crippen LogP contribution in [0.5, 0.6) is 0 Å². The summed E-state index contributed by atoms with van der Waals surface area (Å²) in [5.74, 6) is 0.386. The van der Waals surface area contributed by atoms with Crippen LogP contribution >= 0.6 is 11.3 Å². The van der Waals surface area contributed by atoms with E-state index in [4.69, 9.17) is 5.73 Å². The number of hydrogen-bond donors (Lipinski definition) is 2. The number of thiophene rings is 1. The Morgan fingerprint density at radius 2 is 2.05 bits per heavy atom. The Balaban J connectivity index is 1.89. The lowest BCUT2D eigenvalue weighted by Gasteiger charge is -2.23.